The molecule has 4 heteroatoms. The third kappa shape index (κ3) is 2.06. The van der Waals surface area contributed by atoms with Crippen molar-refractivity contribution in [3.05, 3.63) is 42.6 Å². The van der Waals surface area contributed by atoms with Crippen LogP contribution in [0.2, 0.25) is 0 Å². The molecule has 1 aromatic carbocycles. The second-order valence-corrected chi connectivity index (χ2v) is 5.29. The van der Waals surface area contributed by atoms with E-state index in [0.717, 1.165) is 24.1 Å². The van der Waals surface area contributed by atoms with E-state index in [0.29, 0.717) is 6.54 Å². The maximum Gasteiger partial charge on any atom is 0.123 e. The zero-order valence-corrected chi connectivity index (χ0v) is 10.8. The average molecular weight is 259 g/mol. The Kier molecular flexibility index (Phi) is 3.11. The van der Waals surface area contributed by atoms with Crippen LogP contribution in [0.4, 0.5) is 4.39 Å². The molecule has 3 nitrogen and oxygen atoms in total. The van der Waals surface area contributed by atoms with Crippen LogP contribution in [0.1, 0.15) is 25.7 Å². The summed E-state index contributed by atoms with van der Waals surface area (Å²) in [5.74, 6) is -0.224. The van der Waals surface area contributed by atoms with Crippen molar-refractivity contribution in [3.63, 3.8) is 0 Å². The Morgan fingerprint density at radius 1 is 1.32 bits per heavy atom. The second-order valence-electron chi connectivity index (χ2n) is 5.29. The van der Waals surface area contributed by atoms with Gasteiger partial charge in [-0.2, -0.15) is 0 Å². The minimum atomic E-state index is -0.224. The van der Waals surface area contributed by atoms with Crippen LogP contribution in [0.15, 0.2) is 36.8 Å². The maximum atomic E-state index is 13.4. The van der Waals surface area contributed by atoms with Crippen molar-refractivity contribution in [3.8, 4) is 11.3 Å². The van der Waals surface area contributed by atoms with Gasteiger partial charge in [0, 0.05) is 12.1 Å². The molecule has 3 rings (SSSR count). The van der Waals surface area contributed by atoms with Crippen molar-refractivity contribution in [2.24, 2.45) is 5.73 Å². The quantitative estimate of drug-likeness (QED) is 0.921. The van der Waals surface area contributed by atoms with E-state index in [1.807, 2.05) is 12.4 Å². The fourth-order valence-electron chi connectivity index (χ4n) is 3.11. The molecule has 1 aliphatic carbocycles. The summed E-state index contributed by atoms with van der Waals surface area (Å²) in [6.45, 7) is 0.603. The van der Waals surface area contributed by atoms with Gasteiger partial charge in [-0.05, 0) is 25.0 Å². The Balaban J connectivity index is 2.07. The summed E-state index contributed by atoms with van der Waals surface area (Å²) in [4.78, 5) is 4.25. The van der Waals surface area contributed by atoms with Gasteiger partial charge in [-0.1, -0.05) is 25.0 Å². The van der Waals surface area contributed by atoms with Gasteiger partial charge in [-0.3, -0.25) is 0 Å². The Hall–Kier alpha value is -1.68. The summed E-state index contributed by atoms with van der Waals surface area (Å²) < 4.78 is 15.5. The van der Waals surface area contributed by atoms with Gasteiger partial charge in [0.1, 0.15) is 5.82 Å². The molecule has 1 heterocycles. The smallest absolute Gasteiger partial charge is 0.123 e. The molecule has 0 spiro atoms. The van der Waals surface area contributed by atoms with Gasteiger partial charge in [0.15, 0.2) is 0 Å². The van der Waals surface area contributed by atoms with Crippen LogP contribution in [-0.4, -0.2) is 16.1 Å². The molecule has 1 saturated carbocycles. The van der Waals surface area contributed by atoms with E-state index in [-0.39, 0.29) is 11.4 Å². The molecule has 19 heavy (non-hydrogen) atoms. The van der Waals surface area contributed by atoms with E-state index in [4.69, 9.17) is 5.73 Å². The first-order valence-corrected chi connectivity index (χ1v) is 6.74. The molecule has 1 fully saturated rings. The standard InChI is InChI=1S/C15H18FN3/c16-13-5-3-4-12(8-13)14-9-18-11-19(14)15(10-17)6-1-2-7-15/h3-5,8-9,11H,1-2,6-7,10,17H2. The molecule has 1 aromatic heterocycles. The van der Waals surface area contributed by atoms with Crippen LogP contribution in [0.25, 0.3) is 11.3 Å². The van der Waals surface area contributed by atoms with Gasteiger partial charge < -0.3 is 10.3 Å². The number of rotatable bonds is 3. The number of imidazole rings is 1. The van der Waals surface area contributed by atoms with E-state index in [1.165, 1.54) is 18.9 Å². The SMILES string of the molecule is NCC1(n2cncc2-c2cccc(F)c2)CCCC1. The van der Waals surface area contributed by atoms with E-state index >= 15 is 0 Å². The fourth-order valence-corrected chi connectivity index (χ4v) is 3.11. The topological polar surface area (TPSA) is 43.8 Å². The molecule has 2 aromatic rings. The van der Waals surface area contributed by atoms with E-state index in [9.17, 15) is 4.39 Å². The molecule has 0 amide bonds. The Morgan fingerprint density at radius 3 is 2.79 bits per heavy atom. The van der Waals surface area contributed by atoms with Gasteiger partial charge in [0.2, 0.25) is 0 Å². The first kappa shape index (κ1) is 12.4. The molecule has 0 radical (unpaired) electrons. The number of hydrogen-bond donors (Lipinski definition) is 1. The molecule has 0 aliphatic heterocycles. The summed E-state index contributed by atoms with van der Waals surface area (Å²) in [6, 6.07) is 6.65. The summed E-state index contributed by atoms with van der Waals surface area (Å²) >= 11 is 0. The Labute approximate surface area is 112 Å². The average Bonchev–Trinajstić information content (AvgIpc) is 3.08. The summed E-state index contributed by atoms with van der Waals surface area (Å²) in [5.41, 5.74) is 7.78. The number of aromatic nitrogens is 2. The second kappa shape index (κ2) is 4.78. The summed E-state index contributed by atoms with van der Waals surface area (Å²) in [6.07, 6.45) is 8.16. The van der Waals surface area contributed by atoms with Gasteiger partial charge in [0.05, 0.1) is 23.8 Å². The minimum absolute atomic E-state index is 0.0435. The number of nitrogens with two attached hydrogens (primary N) is 1. The van der Waals surface area contributed by atoms with Crippen LogP contribution in [-0.2, 0) is 5.54 Å². The highest BCUT2D eigenvalue weighted by Gasteiger charge is 2.35. The largest absolute Gasteiger partial charge is 0.328 e. The minimum Gasteiger partial charge on any atom is -0.328 e. The lowest BCUT2D eigenvalue weighted by Crippen LogP contribution is -2.38. The van der Waals surface area contributed by atoms with Crippen molar-refractivity contribution in [2.75, 3.05) is 6.54 Å². The molecule has 1 aliphatic rings. The molecule has 0 unspecified atom stereocenters. The highest BCUT2D eigenvalue weighted by Crippen LogP contribution is 2.38. The van der Waals surface area contributed by atoms with Crippen LogP contribution in [0, 0.1) is 5.82 Å². The molecular formula is C15H18FN3. The van der Waals surface area contributed by atoms with Crippen molar-refractivity contribution in [2.45, 2.75) is 31.2 Å². The lowest BCUT2D eigenvalue weighted by molar-refractivity contribution is 0.307. The third-order valence-corrected chi connectivity index (χ3v) is 4.18. The summed E-state index contributed by atoms with van der Waals surface area (Å²) in [7, 11) is 0. The number of nitrogens with zero attached hydrogens (tertiary/aromatic N) is 2. The molecule has 2 N–H and O–H groups in total. The first-order valence-electron chi connectivity index (χ1n) is 6.74. The lowest BCUT2D eigenvalue weighted by Gasteiger charge is -2.31. The monoisotopic (exact) mass is 259 g/mol. The molecule has 0 saturated heterocycles. The normalized spacial score (nSPS) is 17.8. The predicted molar refractivity (Wildman–Crippen MR) is 73.1 cm³/mol. The Morgan fingerprint density at radius 2 is 2.11 bits per heavy atom. The van der Waals surface area contributed by atoms with Crippen LogP contribution >= 0.6 is 0 Å². The highest BCUT2D eigenvalue weighted by atomic mass is 19.1. The van der Waals surface area contributed by atoms with E-state index < -0.39 is 0 Å². The fraction of sp³-hybridized carbons (Fsp3) is 0.400. The Bertz CT molecular complexity index is 570. The molecule has 0 bridgehead atoms. The van der Waals surface area contributed by atoms with Gasteiger partial charge in [-0.25, -0.2) is 9.37 Å². The molecule has 0 atom stereocenters. The predicted octanol–water partition coefficient (Wildman–Crippen LogP) is 2.92. The lowest BCUT2D eigenvalue weighted by atomic mass is 9.96. The highest BCUT2D eigenvalue weighted by molar-refractivity contribution is 5.59. The van der Waals surface area contributed by atoms with E-state index in [1.54, 1.807) is 18.3 Å². The van der Waals surface area contributed by atoms with Crippen LogP contribution in [0.5, 0.6) is 0 Å². The van der Waals surface area contributed by atoms with Crippen molar-refractivity contribution in [1.29, 1.82) is 0 Å². The zero-order chi connectivity index (χ0) is 13.3. The number of halogens is 1. The van der Waals surface area contributed by atoms with Gasteiger partial charge in [0.25, 0.3) is 0 Å². The third-order valence-electron chi connectivity index (χ3n) is 4.18. The van der Waals surface area contributed by atoms with Crippen molar-refractivity contribution >= 4 is 0 Å². The number of hydrogen-bond acceptors (Lipinski definition) is 2. The first-order chi connectivity index (χ1) is 9.25. The molecule has 100 valence electrons. The van der Waals surface area contributed by atoms with Crippen molar-refractivity contribution < 1.29 is 4.39 Å². The zero-order valence-electron chi connectivity index (χ0n) is 10.8. The van der Waals surface area contributed by atoms with Gasteiger partial charge >= 0.3 is 0 Å². The van der Waals surface area contributed by atoms with Crippen LogP contribution in [0.3, 0.4) is 0 Å². The number of benzene rings is 1. The van der Waals surface area contributed by atoms with Crippen molar-refractivity contribution in [1.82, 2.24) is 9.55 Å². The molecular weight excluding hydrogens is 241 g/mol. The van der Waals surface area contributed by atoms with E-state index in [2.05, 4.69) is 9.55 Å². The maximum absolute atomic E-state index is 13.4. The summed E-state index contributed by atoms with van der Waals surface area (Å²) in [5, 5.41) is 0. The van der Waals surface area contributed by atoms with Crippen LogP contribution < -0.4 is 5.73 Å². The van der Waals surface area contributed by atoms with Gasteiger partial charge in [-0.15, -0.1) is 0 Å².